The van der Waals surface area contributed by atoms with Gasteiger partial charge in [-0.15, -0.1) is 0 Å². The maximum absolute atomic E-state index is 13.0. The molecule has 0 saturated heterocycles. The van der Waals surface area contributed by atoms with E-state index in [9.17, 15) is 19.2 Å². The highest BCUT2D eigenvalue weighted by atomic mass is 32.1. The highest BCUT2D eigenvalue weighted by Gasteiger charge is 2.19. The number of fused-ring (bicyclic) bond motifs is 1. The number of carbonyl (C=O) groups is 4. The van der Waals surface area contributed by atoms with Crippen LogP contribution in [0.15, 0.2) is 96.1 Å². The van der Waals surface area contributed by atoms with Gasteiger partial charge in [-0.1, -0.05) is 23.5 Å². The molecule has 0 aliphatic rings. The van der Waals surface area contributed by atoms with Gasteiger partial charge in [-0.25, -0.2) is 24.4 Å². The molecule has 0 amide bonds. The Labute approximate surface area is 317 Å². The Morgan fingerprint density at radius 1 is 0.741 bits per heavy atom. The van der Waals surface area contributed by atoms with Crippen LogP contribution in [0.25, 0.3) is 10.2 Å². The second-order valence-corrected chi connectivity index (χ2v) is 14.4. The van der Waals surface area contributed by atoms with E-state index in [0.717, 1.165) is 10.2 Å². The molecular formula is C40H41N3O10S. The van der Waals surface area contributed by atoms with Crippen molar-refractivity contribution in [2.75, 3.05) is 19.2 Å². The fourth-order valence-electron chi connectivity index (χ4n) is 4.20. The molecule has 0 fully saturated rings. The third-order valence-electron chi connectivity index (χ3n) is 6.73. The molecule has 0 radical (unpaired) electrons. The van der Waals surface area contributed by atoms with Crippen molar-refractivity contribution < 1.29 is 47.6 Å². The van der Waals surface area contributed by atoms with Gasteiger partial charge in [0.2, 0.25) is 5.13 Å². The molecule has 0 aliphatic carbocycles. The monoisotopic (exact) mass is 755 g/mol. The smallest absolute Gasteiger partial charge is 0.497 e. The molecule has 54 heavy (non-hydrogen) atoms. The van der Waals surface area contributed by atoms with Gasteiger partial charge in [-0.2, -0.15) is 5.10 Å². The van der Waals surface area contributed by atoms with Gasteiger partial charge < -0.3 is 28.4 Å². The second-order valence-electron chi connectivity index (χ2n) is 13.4. The van der Waals surface area contributed by atoms with E-state index in [1.54, 1.807) is 57.1 Å². The fraction of sp³-hybridized carbons (Fsp3) is 0.250. The zero-order valence-corrected chi connectivity index (χ0v) is 32.0. The lowest BCUT2D eigenvalue weighted by atomic mass is 10.2. The number of hydrogen-bond acceptors (Lipinski definition) is 14. The second kappa shape index (κ2) is 18.0. The highest BCUT2D eigenvalue weighted by molar-refractivity contribution is 7.22. The lowest BCUT2D eigenvalue weighted by molar-refractivity contribution is -0.138. The number of esters is 2. The van der Waals surface area contributed by atoms with Crippen LogP contribution >= 0.6 is 11.3 Å². The number of anilines is 1. The van der Waals surface area contributed by atoms with Crippen LogP contribution in [0.5, 0.6) is 23.0 Å². The van der Waals surface area contributed by atoms with E-state index in [-0.39, 0.29) is 28.4 Å². The molecule has 13 nitrogen and oxygen atoms in total. The molecule has 0 unspecified atom stereocenters. The van der Waals surface area contributed by atoms with Crippen LogP contribution in [0.2, 0.25) is 0 Å². The molecule has 5 aromatic rings. The number of rotatable bonds is 10. The van der Waals surface area contributed by atoms with Crippen molar-refractivity contribution in [1.82, 2.24) is 4.98 Å². The number of para-hydroxylation sites is 1. The summed E-state index contributed by atoms with van der Waals surface area (Å²) in [7, 11) is 3.28. The zero-order valence-electron chi connectivity index (χ0n) is 31.1. The van der Waals surface area contributed by atoms with Crippen molar-refractivity contribution in [2.24, 2.45) is 5.10 Å². The van der Waals surface area contributed by atoms with E-state index in [2.05, 4.69) is 14.8 Å². The van der Waals surface area contributed by atoms with Gasteiger partial charge in [-0.3, -0.25) is 4.79 Å². The van der Waals surface area contributed by atoms with Crippen LogP contribution < -0.4 is 24.0 Å². The summed E-state index contributed by atoms with van der Waals surface area (Å²) in [6, 6.07) is 24.6. The summed E-state index contributed by atoms with van der Waals surface area (Å²) in [5.74, 6) is -0.0853. The number of thiazole rings is 1. The number of carbonyl (C=O) groups excluding carboxylic acids is 4. The molecule has 0 bridgehead atoms. The number of benzene rings is 4. The number of hydrogen-bond donors (Lipinski definition) is 0. The van der Waals surface area contributed by atoms with Crippen LogP contribution in [0.3, 0.4) is 0 Å². The topological polar surface area (TPSA) is 152 Å². The normalized spacial score (nSPS) is 11.2. The summed E-state index contributed by atoms with van der Waals surface area (Å²) < 4.78 is 32.4. The van der Waals surface area contributed by atoms with E-state index in [4.69, 9.17) is 23.7 Å². The Kier molecular flexibility index (Phi) is 13.5. The average Bonchev–Trinajstić information content (AvgIpc) is 3.55. The molecule has 0 saturated carbocycles. The SMILES string of the molecule is CC(C)(C)OC=O.COc1ccc(C(=O)Oc2ccc(OC(=O)c3ccc(OC(=O)OC(C)(C)C)cc3)cc2/C=N/N(C)c2nc3ccccc3s2)cc1. The third kappa shape index (κ3) is 12.4. The first-order chi connectivity index (χ1) is 25.5. The maximum atomic E-state index is 13.0. The van der Waals surface area contributed by atoms with Crippen molar-refractivity contribution in [3.05, 3.63) is 108 Å². The van der Waals surface area contributed by atoms with Gasteiger partial charge >= 0.3 is 18.1 Å². The molecule has 5 rings (SSSR count). The summed E-state index contributed by atoms with van der Waals surface area (Å²) in [4.78, 5) is 52.1. The molecule has 14 heteroatoms. The lowest BCUT2D eigenvalue weighted by Gasteiger charge is -2.18. The van der Waals surface area contributed by atoms with Gasteiger partial charge in [0.1, 0.15) is 34.2 Å². The van der Waals surface area contributed by atoms with Crippen LogP contribution in [0.4, 0.5) is 9.93 Å². The Hall–Kier alpha value is -6.28. The lowest BCUT2D eigenvalue weighted by Crippen LogP contribution is -2.25. The standard InChI is InChI=1S/C35H31N3O8S.C5H10O2/c1-35(2,3)46-34(41)44-26-16-12-22(13-17-26)31(39)43-27-18-19-29(45-32(40)23-10-14-25(42-5)15-11-23)24(20-27)21-36-38(4)33-37-28-8-6-7-9-30(28)47-33;1-5(2,3)7-4-6/h6-21H,1-5H3;4H,1-3H3/b36-21+;. The summed E-state index contributed by atoms with van der Waals surface area (Å²) in [5, 5.41) is 6.76. The minimum atomic E-state index is -0.858. The van der Waals surface area contributed by atoms with E-state index in [0.29, 0.717) is 28.5 Å². The molecular weight excluding hydrogens is 715 g/mol. The Balaban J connectivity index is 0.000000845. The van der Waals surface area contributed by atoms with Crippen molar-refractivity contribution in [2.45, 2.75) is 52.7 Å². The minimum Gasteiger partial charge on any atom is -0.497 e. The molecule has 0 aliphatic heterocycles. The predicted molar refractivity (Wildman–Crippen MR) is 205 cm³/mol. The van der Waals surface area contributed by atoms with Gasteiger partial charge in [0.05, 0.1) is 34.7 Å². The van der Waals surface area contributed by atoms with Gasteiger partial charge in [-0.05, 0) is 120 Å². The highest BCUT2D eigenvalue weighted by Crippen LogP contribution is 2.29. The zero-order chi connectivity index (χ0) is 39.5. The first kappa shape index (κ1) is 40.5. The van der Waals surface area contributed by atoms with E-state index in [1.807, 2.05) is 45.0 Å². The first-order valence-electron chi connectivity index (χ1n) is 16.5. The van der Waals surface area contributed by atoms with Gasteiger partial charge in [0.15, 0.2) is 0 Å². The number of ether oxygens (including phenoxy) is 6. The third-order valence-corrected chi connectivity index (χ3v) is 7.84. The molecule has 1 aromatic heterocycles. The van der Waals surface area contributed by atoms with Crippen LogP contribution in [-0.2, 0) is 14.3 Å². The van der Waals surface area contributed by atoms with Crippen molar-refractivity contribution in [3.8, 4) is 23.0 Å². The van der Waals surface area contributed by atoms with E-state index < -0.39 is 23.7 Å². The van der Waals surface area contributed by atoms with Crippen molar-refractivity contribution in [3.63, 3.8) is 0 Å². The van der Waals surface area contributed by atoms with E-state index >= 15 is 0 Å². The number of nitrogens with zero attached hydrogens (tertiary/aromatic N) is 3. The molecule has 0 N–H and O–H groups in total. The molecule has 0 atom stereocenters. The molecule has 282 valence electrons. The quantitative estimate of drug-likeness (QED) is 0.0336. The molecule has 0 spiro atoms. The molecule has 1 heterocycles. The number of methoxy groups -OCH3 is 1. The number of aromatic nitrogens is 1. The van der Waals surface area contributed by atoms with Crippen LogP contribution in [0.1, 0.15) is 67.8 Å². The maximum Gasteiger partial charge on any atom is 0.514 e. The summed E-state index contributed by atoms with van der Waals surface area (Å²) in [6.45, 7) is 11.1. The summed E-state index contributed by atoms with van der Waals surface area (Å²) in [6.07, 6.45) is 0.631. The van der Waals surface area contributed by atoms with Crippen molar-refractivity contribution in [1.29, 1.82) is 0 Å². The predicted octanol–water partition coefficient (Wildman–Crippen LogP) is 8.49. The summed E-state index contributed by atoms with van der Waals surface area (Å²) in [5.41, 5.74) is 0.714. The van der Waals surface area contributed by atoms with Crippen LogP contribution in [-0.4, -0.2) is 61.1 Å². The molecule has 4 aromatic carbocycles. The Morgan fingerprint density at radius 3 is 1.89 bits per heavy atom. The van der Waals surface area contributed by atoms with E-state index in [1.165, 1.54) is 67.1 Å². The van der Waals surface area contributed by atoms with Gasteiger partial charge in [0.25, 0.3) is 6.47 Å². The Bertz CT molecular complexity index is 2060. The number of hydrazone groups is 1. The minimum absolute atomic E-state index is 0.178. The average molecular weight is 756 g/mol. The Morgan fingerprint density at radius 2 is 1.33 bits per heavy atom. The van der Waals surface area contributed by atoms with Crippen molar-refractivity contribution >= 4 is 57.5 Å². The summed E-state index contributed by atoms with van der Waals surface area (Å²) >= 11 is 1.47. The van der Waals surface area contributed by atoms with Crippen LogP contribution in [0, 0.1) is 0 Å². The van der Waals surface area contributed by atoms with Gasteiger partial charge in [0, 0.05) is 12.6 Å². The first-order valence-corrected chi connectivity index (χ1v) is 17.3. The largest absolute Gasteiger partial charge is 0.514 e. The fourth-order valence-corrected chi connectivity index (χ4v) is 5.09.